The molecule has 1 aliphatic rings. The van der Waals surface area contributed by atoms with Crippen LogP contribution in [0.1, 0.15) is 37.6 Å². The molecule has 0 bridgehead atoms. The molecular weight excluding hydrogens is 637 g/mol. The number of nitrogens with one attached hydrogen (secondary N) is 1. The topological polar surface area (TPSA) is 120 Å². The van der Waals surface area contributed by atoms with Gasteiger partial charge in [0, 0.05) is 46.3 Å². The van der Waals surface area contributed by atoms with Crippen LogP contribution in [0.2, 0.25) is 10.0 Å². The molecule has 9 nitrogen and oxygen atoms in total. The summed E-state index contributed by atoms with van der Waals surface area (Å²) in [5, 5.41) is 3.09. The van der Waals surface area contributed by atoms with E-state index in [9.17, 15) is 21.4 Å². The van der Waals surface area contributed by atoms with E-state index in [1.54, 1.807) is 30.0 Å². The predicted molar refractivity (Wildman–Crippen MR) is 161 cm³/mol. The van der Waals surface area contributed by atoms with Crippen molar-refractivity contribution in [2.45, 2.75) is 44.0 Å². The van der Waals surface area contributed by atoms with Crippen LogP contribution in [0, 0.1) is 0 Å². The van der Waals surface area contributed by atoms with Crippen molar-refractivity contribution < 1.29 is 30.2 Å². The molecule has 0 saturated heterocycles. The highest BCUT2D eigenvalue weighted by atomic mass is 35.5. The second kappa shape index (κ2) is 13.7. The molecule has 0 radical (unpaired) electrons. The minimum Gasteiger partial charge on any atom is -0.748 e. The fraction of sp³-hybridized carbons (Fsp3) is 0.400. The van der Waals surface area contributed by atoms with Crippen molar-refractivity contribution in [3.8, 4) is 0 Å². The summed E-state index contributed by atoms with van der Waals surface area (Å²) < 4.78 is 65.2. The van der Waals surface area contributed by atoms with Gasteiger partial charge in [0.1, 0.15) is 4.70 Å². The molecule has 2 aromatic carbocycles. The smallest absolute Gasteiger partial charge is 0.283 e. The highest BCUT2D eigenvalue weighted by Gasteiger charge is 2.28. The average molecular weight is 667 g/mol. The van der Waals surface area contributed by atoms with Crippen molar-refractivity contribution in [3.05, 3.63) is 56.5 Å². The zero-order valence-electron chi connectivity index (χ0n) is 21.6. The van der Waals surface area contributed by atoms with Gasteiger partial charge in [0.2, 0.25) is 5.52 Å². The van der Waals surface area contributed by atoms with E-state index in [4.69, 9.17) is 27.5 Å². The monoisotopic (exact) mass is 665 g/mol. The summed E-state index contributed by atoms with van der Waals surface area (Å²) in [7, 11) is -7.92. The van der Waals surface area contributed by atoms with Crippen molar-refractivity contribution in [1.29, 1.82) is 0 Å². The van der Waals surface area contributed by atoms with Gasteiger partial charge in [-0.1, -0.05) is 53.2 Å². The van der Waals surface area contributed by atoms with E-state index in [0.29, 0.717) is 48.9 Å². The molecule has 0 amide bonds. The van der Waals surface area contributed by atoms with Crippen LogP contribution in [-0.2, 0) is 31.1 Å². The first-order chi connectivity index (χ1) is 19.0. The lowest BCUT2D eigenvalue weighted by molar-refractivity contribution is -0.669. The van der Waals surface area contributed by atoms with E-state index in [1.807, 2.05) is 36.4 Å². The Labute approximate surface area is 252 Å². The van der Waals surface area contributed by atoms with Gasteiger partial charge in [-0.15, -0.1) is 0 Å². The Kier molecular flexibility index (Phi) is 10.8. The summed E-state index contributed by atoms with van der Waals surface area (Å²) in [6.45, 7) is 3.23. The van der Waals surface area contributed by atoms with Crippen LogP contribution < -0.4 is 14.9 Å². The molecular formula is C25H29Cl2N3O6S4. The van der Waals surface area contributed by atoms with Gasteiger partial charge in [0.15, 0.2) is 6.54 Å². The minimum atomic E-state index is -4.27. The summed E-state index contributed by atoms with van der Waals surface area (Å²) in [4.78, 5) is 3.11. The third kappa shape index (κ3) is 8.55. The number of rotatable bonds is 14. The number of aryl methyl sites for hydroxylation is 1. The molecule has 3 aromatic rings. The molecule has 0 aliphatic carbocycles. The Morgan fingerprint density at radius 3 is 2.50 bits per heavy atom. The number of thioether (sulfide) groups is 1. The predicted octanol–water partition coefficient (Wildman–Crippen LogP) is 5.38. The van der Waals surface area contributed by atoms with Crippen molar-refractivity contribution in [2.75, 3.05) is 29.5 Å². The second-order valence-corrected chi connectivity index (χ2v) is 15.3. The molecule has 0 spiro atoms. The van der Waals surface area contributed by atoms with Crippen molar-refractivity contribution in [2.24, 2.45) is 0 Å². The van der Waals surface area contributed by atoms with Gasteiger partial charge in [0.05, 0.1) is 32.7 Å². The lowest BCUT2D eigenvalue weighted by Gasteiger charge is -2.20. The zero-order chi connectivity index (χ0) is 28.9. The Morgan fingerprint density at radius 2 is 1.75 bits per heavy atom. The SMILES string of the molecule is CCNOS(=O)(=O)CCCC[n+]1c(C=C2Sc3ccc(Cl)cc3N2CCCCS(=O)(=O)[O-])sc2ccc(Cl)cc21. The fourth-order valence-electron chi connectivity index (χ4n) is 4.22. The molecule has 4 rings (SSSR count). The van der Waals surface area contributed by atoms with Crippen LogP contribution in [0.25, 0.3) is 16.3 Å². The van der Waals surface area contributed by atoms with E-state index in [-0.39, 0.29) is 12.2 Å². The minimum absolute atomic E-state index is 0.0986. The standard InChI is InChI=1S/C25H29Cl2N3O6S4/c1-2-28-36-40(34,35)14-6-4-12-30-21-16-19(27)8-10-23(21)38-25(30)17-24-29(11-3-5-13-39(31,32)33)20-15-18(26)7-9-22(20)37-24/h7-10,15-17,28H,2-6,11-14H2,1H3. The molecule has 0 fully saturated rings. The maximum Gasteiger partial charge on any atom is 0.283 e. The molecule has 218 valence electrons. The van der Waals surface area contributed by atoms with Crippen LogP contribution in [0.3, 0.4) is 0 Å². The molecule has 1 aliphatic heterocycles. The van der Waals surface area contributed by atoms with Crippen molar-refractivity contribution in [3.63, 3.8) is 0 Å². The largest absolute Gasteiger partial charge is 0.748 e. The molecule has 1 N–H and O–H groups in total. The van der Waals surface area contributed by atoms with Crippen LogP contribution in [-0.4, -0.2) is 46.0 Å². The number of hydroxylamine groups is 1. The number of nitrogens with zero attached hydrogens (tertiary/aromatic N) is 2. The lowest BCUT2D eigenvalue weighted by atomic mass is 10.2. The maximum atomic E-state index is 12.1. The first kappa shape index (κ1) is 31.5. The van der Waals surface area contributed by atoms with Crippen molar-refractivity contribution >= 4 is 88.5 Å². The average Bonchev–Trinajstić information content (AvgIpc) is 3.39. The number of unbranched alkanes of at least 4 members (excludes halogenated alkanes) is 2. The zero-order valence-corrected chi connectivity index (χ0v) is 26.4. The second-order valence-electron chi connectivity index (χ2n) is 9.07. The molecule has 15 heteroatoms. The van der Waals surface area contributed by atoms with E-state index in [1.165, 1.54) is 0 Å². The Morgan fingerprint density at radius 1 is 1.02 bits per heavy atom. The van der Waals surface area contributed by atoms with E-state index >= 15 is 0 Å². The lowest BCUT2D eigenvalue weighted by Crippen LogP contribution is -2.35. The number of benzene rings is 2. The number of hydrogen-bond donors (Lipinski definition) is 1. The summed E-state index contributed by atoms with van der Waals surface area (Å²) in [6, 6.07) is 11.4. The van der Waals surface area contributed by atoms with Gasteiger partial charge in [-0.05, 0) is 49.6 Å². The molecule has 2 heterocycles. The number of aromatic nitrogens is 1. The fourth-order valence-corrected chi connectivity index (χ4v) is 8.33. The number of anilines is 1. The molecule has 1 aromatic heterocycles. The quantitative estimate of drug-likeness (QED) is 0.105. The van der Waals surface area contributed by atoms with Crippen molar-refractivity contribution in [1.82, 2.24) is 5.48 Å². The van der Waals surface area contributed by atoms with Gasteiger partial charge in [-0.25, -0.2) is 8.42 Å². The van der Waals surface area contributed by atoms with E-state index in [2.05, 4.69) is 21.0 Å². The number of thiazole rings is 1. The van der Waals surface area contributed by atoms with Crippen LogP contribution >= 0.6 is 46.3 Å². The number of hydrogen-bond acceptors (Lipinski definition) is 10. The third-order valence-electron chi connectivity index (χ3n) is 6.01. The van der Waals surface area contributed by atoms with Crippen LogP contribution in [0.5, 0.6) is 0 Å². The Bertz CT molecular complexity index is 1610. The highest BCUT2D eigenvalue weighted by Crippen LogP contribution is 2.48. The van der Waals surface area contributed by atoms with Crippen LogP contribution in [0.4, 0.5) is 5.69 Å². The van der Waals surface area contributed by atoms with Gasteiger partial charge in [-0.3, -0.25) is 0 Å². The summed E-state index contributed by atoms with van der Waals surface area (Å²) in [6.07, 6.45) is 3.87. The normalized spacial score (nSPS) is 14.9. The van der Waals surface area contributed by atoms with Gasteiger partial charge in [0.25, 0.3) is 15.1 Å². The van der Waals surface area contributed by atoms with Gasteiger partial charge < -0.3 is 9.45 Å². The van der Waals surface area contributed by atoms with Crippen LogP contribution in [0.15, 0.2) is 46.3 Å². The van der Waals surface area contributed by atoms with E-state index < -0.39 is 26.0 Å². The molecule has 0 saturated carbocycles. The maximum absolute atomic E-state index is 12.1. The Balaban J connectivity index is 1.60. The first-order valence-electron chi connectivity index (χ1n) is 12.6. The molecule has 0 unspecified atom stereocenters. The summed E-state index contributed by atoms with van der Waals surface area (Å²) >= 11 is 15.8. The summed E-state index contributed by atoms with van der Waals surface area (Å²) in [5.41, 5.74) is 4.27. The highest BCUT2D eigenvalue weighted by molar-refractivity contribution is 8.04. The summed E-state index contributed by atoms with van der Waals surface area (Å²) in [5.74, 6) is -0.500. The van der Waals surface area contributed by atoms with E-state index in [0.717, 1.165) is 30.8 Å². The van der Waals surface area contributed by atoms with Gasteiger partial charge in [-0.2, -0.15) is 22.7 Å². The number of fused-ring (bicyclic) bond motifs is 2. The third-order valence-corrected chi connectivity index (χ3v) is 10.7. The number of halogens is 2. The molecule has 40 heavy (non-hydrogen) atoms. The van der Waals surface area contributed by atoms with Gasteiger partial charge >= 0.3 is 0 Å². The molecule has 0 atom stereocenters. The first-order valence-corrected chi connectivity index (χ1v) is 18.2. The Hall–Kier alpha value is -1.42.